The summed E-state index contributed by atoms with van der Waals surface area (Å²) in [6.45, 7) is 0.248. The average Bonchev–Trinajstić information content (AvgIpc) is 2.41. The lowest BCUT2D eigenvalue weighted by Crippen LogP contribution is -2.40. The van der Waals surface area contributed by atoms with Gasteiger partial charge in [-0.1, -0.05) is 12.1 Å². The maximum absolute atomic E-state index is 12.8. The predicted molar refractivity (Wildman–Crippen MR) is 70.5 cm³/mol. The number of hydrogen-bond donors (Lipinski definition) is 1. The Kier molecular flexibility index (Phi) is 4.50. The fraction of sp³-hybridized carbons (Fsp3) is 0.429. The normalized spacial score (nSPS) is 16.0. The number of carbonyl (C=O) groups excluding carboxylic acids is 2. The van der Waals surface area contributed by atoms with Crippen molar-refractivity contribution in [3.63, 3.8) is 0 Å². The van der Waals surface area contributed by atoms with E-state index >= 15 is 0 Å². The number of para-hydroxylation sites is 1. The molecule has 1 aliphatic rings. The van der Waals surface area contributed by atoms with Gasteiger partial charge in [-0.2, -0.15) is 13.2 Å². The first-order chi connectivity index (χ1) is 9.88. The monoisotopic (exact) mass is 300 g/mol. The zero-order valence-corrected chi connectivity index (χ0v) is 11.2. The molecule has 1 heterocycles. The minimum Gasteiger partial charge on any atom is -0.333 e. The molecule has 1 fully saturated rings. The summed E-state index contributed by atoms with van der Waals surface area (Å²) in [5, 5.41) is 2.23. The van der Waals surface area contributed by atoms with E-state index in [4.69, 9.17) is 0 Å². The number of hydrogen-bond acceptors (Lipinski definition) is 2. The maximum Gasteiger partial charge on any atom is 0.418 e. The molecule has 0 aromatic heterocycles. The summed E-state index contributed by atoms with van der Waals surface area (Å²) in [5.41, 5.74) is -1.19. The first-order valence-electron chi connectivity index (χ1n) is 6.62. The molecule has 21 heavy (non-hydrogen) atoms. The average molecular weight is 300 g/mol. The van der Waals surface area contributed by atoms with Crippen LogP contribution in [-0.4, -0.2) is 29.8 Å². The van der Waals surface area contributed by atoms with E-state index in [0.717, 1.165) is 18.9 Å². The van der Waals surface area contributed by atoms with Gasteiger partial charge in [-0.15, -0.1) is 0 Å². The van der Waals surface area contributed by atoms with Gasteiger partial charge in [0.2, 0.25) is 11.8 Å². The SMILES string of the molecule is O=C(CN1CCCCC1=O)Nc1ccccc1C(F)(F)F. The molecular weight excluding hydrogens is 285 g/mol. The van der Waals surface area contributed by atoms with Crippen LogP contribution in [0, 0.1) is 0 Å². The zero-order valence-electron chi connectivity index (χ0n) is 11.2. The lowest BCUT2D eigenvalue weighted by atomic mass is 10.1. The molecule has 4 nitrogen and oxygen atoms in total. The van der Waals surface area contributed by atoms with Crippen molar-refractivity contribution in [2.24, 2.45) is 0 Å². The fourth-order valence-corrected chi connectivity index (χ4v) is 2.23. The Morgan fingerprint density at radius 2 is 1.95 bits per heavy atom. The Balaban J connectivity index is 2.05. The van der Waals surface area contributed by atoms with Gasteiger partial charge in [0, 0.05) is 13.0 Å². The van der Waals surface area contributed by atoms with E-state index in [0.29, 0.717) is 13.0 Å². The molecule has 2 amide bonds. The number of carbonyl (C=O) groups is 2. The summed E-state index contributed by atoms with van der Waals surface area (Å²) in [6.07, 6.45) is -2.57. The van der Waals surface area contributed by atoms with E-state index in [2.05, 4.69) is 5.32 Å². The highest BCUT2D eigenvalue weighted by molar-refractivity contribution is 5.95. The first kappa shape index (κ1) is 15.3. The molecule has 114 valence electrons. The van der Waals surface area contributed by atoms with Crippen LogP contribution in [0.2, 0.25) is 0 Å². The number of likely N-dealkylation sites (tertiary alicyclic amines) is 1. The Morgan fingerprint density at radius 1 is 1.24 bits per heavy atom. The smallest absolute Gasteiger partial charge is 0.333 e. The molecule has 0 radical (unpaired) electrons. The first-order valence-corrected chi connectivity index (χ1v) is 6.62. The van der Waals surface area contributed by atoms with Crippen LogP contribution in [0.15, 0.2) is 24.3 Å². The van der Waals surface area contributed by atoms with Gasteiger partial charge in [-0.3, -0.25) is 9.59 Å². The Morgan fingerprint density at radius 3 is 2.62 bits per heavy atom. The molecule has 2 rings (SSSR count). The Hall–Kier alpha value is -2.05. The molecule has 0 atom stereocenters. The van der Waals surface area contributed by atoms with E-state index in [1.807, 2.05) is 0 Å². The van der Waals surface area contributed by atoms with Crippen LogP contribution in [0.3, 0.4) is 0 Å². The summed E-state index contributed by atoms with van der Waals surface area (Å²) < 4.78 is 38.4. The van der Waals surface area contributed by atoms with Crippen LogP contribution in [0.5, 0.6) is 0 Å². The second-order valence-electron chi connectivity index (χ2n) is 4.86. The summed E-state index contributed by atoms with van der Waals surface area (Å²) in [7, 11) is 0. The standard InChI is InChI=1S/C14H15F3N2O2/c15-14(16,17)10-5-1-2-6-11(10)18-12(20)9-19-8-4-3-7-13(19)21/h1-2,5-6H,3-4,7-9H2,(H,18,20). The van der Waals surface area contributed by atoms with Crippen LogP contribution >= 0.6 is 0 Å². The van der Waals surface area contributed by atoms with Gasteiger partial charge in [-0.05, 0) is 25.0 Å². The molecule has 0 saturated carbocycles. The van der Waals surface area contributed by atoms with E-state index in [-0.39, 0.29) is 18.1 Å². The molecule has 0 aliphatic carbocycles. The molecular formula is C14H15F3N2O2. The number of nitrogens with zero attached hydrogens (tertiary/aromatic N) is 1. The second-order valence-corrected chi connectivity index (χ2v) is 4.86. The third kappa shape index (κ3) is 3.96. The molecule has 7 heteroatoms. The molecule has 1 aromatic rings. The number of piperidine rings is 1. The van der Waals surface area contributed by atoms with Gasteiger partial charge in [0.15, 0.2) is 0 Å². The number of anilines is 1. The predicted octanol–water partition coefficient (Wildman–Crippen LogP) is 2.66. The van der Waals surface area contributed by atoms with E-state index in [1.54, 1.807) is 0 Å². The van der Waals surface area contributed by atoms with Gasteiger partial charge in [0.05, 0.1) is 17.8 Å². The Bertz CT molecular complexity index is 543. The topological polar surface area (TPSA) is 49.4 Å². The van der Waals surface area contributed by atoms with Crippen LogP contribution in [-0.2, 0) is 15.8 Å². The van der Waals surface area contributed by atoms with Gasteiger partial charge < -0.3 is 10.2 Å². The van der Waals surface area contributed by atoms with E-state index in [9.17, 15) is 22.8 Å². The number of halogens is 3. The molecule has 1 aliphatic heterocycles. The highest BCUT2D eigenvalue weighted by atomic mass is 19.4. The highest BCUT2D eigenvalue weighted by Crippen LogP contribution is 2.34. The molecule has 0 bridgehead atoms. The summed E-state index contributed by atoms with van der Waals surface area (Å²) >= 11 is 0. The van der Waals surface area contributed by atoms with Gasteiger partial charge in [0.1, 0.15) is 0 Å². The summed E-state index contributed by atoms with van der Waals surface area (Å²) in [6, 6.07) is 4.77. The van der Waals surface area contributed by atoms with Crippen molar-refractivity contribution in [3.05, 3.63) is 29.8 Å². The largest absolute Gasteiger partial charge is 0.418 e. The van der Waals surface area contributed by atoms with Gasteiger partial charge in [-0.25, -0.2) is 0 Å². The third-order valence-electron chi connectivity index (χ3n) is 3.26. The molecule has 0 spiro atoms. The van der Waals surface area contributed by atoms with Crippen LogP contribution < -0.4 is 5.32 Å². The minimum atomic E-state index is -4.54. The lowest BCUT2D eigenvalue weighted by Gasteiger charge is -2.26. The lowest BCUT2D eigenvalue weighted by molar-refractivity contribution is -0.138. The Labute approximate surface area is 119 Å². The zero-order chi connectivity index (χ0) is 15.5. The van der Waals surface area contributed by atoms with Crippen LogP contribution in [0.4, 0.5) is 18.9 Å². The molecule has 1 N–H and O–H groups in total. The van der Waals surface area contributed by atoms with Gasteiger partial charge >= 0.3 is 6.18 Å². The number of benzene rings is 1. The summed E-state index contributed by atoms with van der Waals surface area (Å²) in [5.74, 6) is -0.762. The van der Waals surface area contributed by atoms with Crippen molar-refractivity contribution >= 4 is 17.5 Å². The van der Waals surface area contributed by atoms with Crippen LogP contribution in [0.25, 0.3) is 0 Å². The van der Waals surface area contributed by atoms with E-state index < -0.39 is 17.6 Å². The van der Waals surface area contributed by atoms with E-state index in [1.165, 1.54) is 23.1 Å². The number of nitrogens with one attached hydrogen (secondary N) is 1. The number of amides is 2. The van der Waals surface area contributed by atoms with Crippen molar-refractivity contribution in [3.8, 4) is 0 Å². The second kappa shape index (κ2) is 6.15. The van der Waals surface area contributed by atoms with Crippen molar-refractivity contribution in [1.29, 1.82) is 0 Å². The fourth-order valence-electron chi connectivity index (χ4n) is 2.23. The van der Waals surface area contributed by atoms with Crippen molar-refractivity contribution in [2.45, 2.75) is 25.4 Å². The summed E-state index contributed by atoms with van der Waals surface area (Å²) in [4.78, 5) is 24.8. The number of rotatable bonds is 3. The maximum atomic E-state index is 12.8. The molecule has 1 saturated heterocycles. The minimum absolute atomic E-state index is 0.138. The van der Waals surface area contributed by atoms with Crippen LogP contribution in [0.1, 0.15) is 24.8 Å². The van der Waals surface area contributed by atoms with Crippen molar-refractivity contribution in [2.75, 3.05) is 18.4 Å². The van der Waals surface area contributed by atoms with Gasteiger partial charge in [0.25, 0.3) is 0 Å². The quantitative estimate of drug-likeness (QED) is 0.933. The third-order valence-corrected chi connectivity index (χ3v) is 3.26. The van der Waals surface area contributed by atoms with Crippen molar-refractivity contribution < 1.29 is 22.8 Å². The number of alkyl halides is 3. The highest BCUT2D eigenvalue weighted by Gasteiger charge is 2.33. The molecule has 1 aromatic carbocycles. The van der Waals surface area contributed by atoms with Crippen molar-refractivity contribution in [1.82, 2.24) is 4.90 Å². The molecule has 0 unspecified atom stereocenters.